The third-order valence-electron chi connectivity index (χ3n) is 5.72. The third-order valence-corrected chi connectivity index (χ3v) is 5.72. The van der Waals surface area contributed by atoms with Crippen LogP contribution in [-0.4, -0.2) is 5.92 Å². The van der Waals surface area contributed by atoms with Crippen LogP contribution in [0.15, 0.2) is 24.3 Å². The number of unbranched alkanes of at least 4 members (excludes halogenated alkanes) is 2. The third kappa shape index (κ3) is 5.76. The van der Waals surface area contributed by atoms with Gasteiger partial charge >= 0.3 is 0 Å². The zero-order valence-corrected chi connectivity index (χ0v) is 15.7. The van der Waals surface area contributed by atoms with Gasteiger partial charge in [0.15, 0.2) is 6.17 Å². The lowest BCUT2D eigenvalue weighted by Crippen LogP contribution is -2.23. The Balaban J connectivity index is 1.88. The van der Waals surface area contributed by atoms with Crippen molar-refractivity contribution in [2.75, 3.05) is 0 Å². The smallest absolute Gasteiger partial charge is 0.236 e. The van der Waals surface area contributed by atoms with E-state index in [2.05, 4.69) is 6.92 Å². The molecule has 0 amide bonds. The standard InChI is InChI=1S/C22H33F3/c1-3-5-6-7-17-8-10-18(11-9-17)19-12-14-20(15-13-19)21(23)22(24,25)16-4-2/h12-15,17-18,21H,3-11,16H2,1-2H3. The summed E-state index contributed by atoms with van der Waals surface area (Å²) in [6.07, 6.45) is 7.82. The summed E-state index contributed by atoms with van der Waals surface area (Å²) in [5, 5.41) is 0. The van der Waals surface area contributed by atoms with E-state index >= 15 is 0 Å². The minimum absolute atomic E-state index is 0.107. The number of alkyl halides is 3. The predicted molar refractivity (Wildman–Crippen MR) is 99.0 cm³/mol. The molecule has 0 nitrogen and oxygen atoms in total. The summed E-state index contributed by atoms with van der Waals surface area (Å²) < 4.78 is 41.6. The molecule has 1 aliphatic carbocycles. The Morgan fingerprint density at radius 2 is 1.60 bits per heavy atom. The van der Waals surface area contributed by atoms with Gasteiger partial charge in [-0.1, -0.05) is 70.2 Å². The van der Waals surface area contributed by atoms with E-state index in [1.807, 2.05) is 12.1 Å². The molecule has 2 rings (SSSR count). The molecule has 3 heteroatoms. The first kappa shape index (κ1) is 20.3. The van der Waals surface area contributed by atoms with Crippen LogP contribution >= 0.6 is 0 Å². The van der Waals surface area contributed by atoms with Gasteiger partial charge in [0.2, 0.25) is 0 Å². The highest BCUT2D eigenvalue weighted by molar-refractivity contribution is 5.28. The summed E-state index contributed by atoms with van der Waals surface area (Å²) in [7, 11) is 0. The van der Waals surface area contributed by atoms with E-state index in [9.17, 15) is 13.2 Å². The summed E-state index contributed by atoms with van der Waals surface area (Å²) in [5.74, 6) is -1.91. The fourth-order valence-electron chi connectivity index (χ4n) is 4.11. The molecule has 25 heavy (non-hydrogen) atoms. The van der Waals surface area contributed by atoms with E-state index in [1.54, 1.807) is 19.1 Å². The second-order valence-electron chi connectivity index (χ2n) is 7.75. The summed E-state index contributed by atoms with van der Waals surface area (Å²) in [6, 6.07) is 6.87. The Bertz CT molecular complexity index is 486. The second kappa shape index (κ2) is 9.64. The van der Waals surface area contributed by atoms with Gasteiger partial charge in [-0.25, -0.2) is 13.2 Å². The quantitative estimate of drug-likeness (QED) is 0.394. The van der Waals surface area contributed by atoms with E-state index in [4.69, 9.17) is 0 Å². The Hall–Kier alpha value is -0.990. The zero-order valence-electron chi connectivity index (χ0n) is 15.7. The first-order valence-electron chi connectivity index (χ1n) is 10.1. The Kier molecular flexibility index (Phi) is 7.83. The van der Waals surface area contributed by atoms with Crippen molar-refractivity contribution in [3.8, 4) is 0 Å². The molecule has 0 saturated heterocycles. The summed E-state index contributed by atoms with van der Waals surface area (Å²) in [6.45, 7) is 3.89. The molecule has 1 atom stereocenters. The predicted octanol–water partition coefficient (Wildman–Crippen LogP) is 7.99. The maximum absolute atomic E-state index is 14.1. The second-order valence-corrected chi connectivity index (χ2v) is 7.75. The van der Waals surface area contributed by atoms with Crippen LogP contribution < -0.4 is 0 Å². The van der Waals surface area contributed by atoms with E-state index in [0.717, 1.165) is 5.92 Å². The molecule has 0 aliphatic heterocycles. The van der Waals surface area contributed by atoms with Crippen LogP contribution in [0, 0.1) is 5.92 Å². The van der Waals surface area contributed by atoms with E-state index in [0.29, 0.717) is 5.92 Å². The van der Waals surface area contributed by atoms with Gasteiger partial charge in [-0.15, -0.1) is 0 Å². The highest BCUT2D eigenvalue weighted by atomic mass is 19.3. The minimum Gasteiger partial charge on any atom is -0.236 e. The molecule has 0 aromatic heterocycles. The van der Waals surface area contributed by atoms with Gasteiger partial charge in [0, 0.05) is 6.42 Å². The number of hydrogen-bond donors (Lipinski definition) is 0. The van der Waals surface area contributed by atoms with E-state index in [1.165, 1.54) is 56.9 Å². The lowest BCUT2D eigenvalue weighted by molar-refractivity contribution is -0.0807. The number of hydrogen-bond acceptors (Lipinski definition) is 0. The van der Waals surface area contributed by atoms with Crippen molar-refractivity contribution >= 4 is 0 Å². The molecule has 0 heterocycles. The van der Waals surface area contributed by atoms with Crippen molar-refractivity contribution in [3.05, 3.63) is 35.4 Å². The SMILES string of the molecule is CCCCCC1CCC(c2ccc(C(F)C(F)(F)CCC)cc2)CC1. The number of halogens is 3. The number of benzene rings is 1. The molecule has 1 aromatic rings. The normalized spacial score (nSPS) is 22.8. The molecular formula is C22H33F3. The van der Waals surface area contributed by atoms with Gasteiger partial charge in [0.05, 0.1) is 0 Å². The molecule has 0 N–H and O–H groups in total. The van der Waals surface area contributed by atoms with Crippen molar-refractivity contribution in [1.82, 2.24) is 0 Å². The first-order valence-corrected chi connectivity index (χ1v) is 10.1. The summed E-state index contributed by atoms with van der Waals surface area (Å²) >= 11 is 0. The van der Waals surface area contributed by atoms with Crippen molar-refractivity contribution in [1.29, 1.82) is 0 Å². The van der Waals surface area contributed by atoms with E-state index in [-0.39, 0.29) is 12.0 Å². The van der Waals surface area contributed by atoms with Crippen LogP contribution in [0.5, 0.6) is 0 Å². The van der Waals surface area contributed by atoms with Gasteiger partial charge in [-0.2, -0.15) is 0 Å². The highest BCUT2D eigenvalue weighted by Crippen LogP contribution is 2.40. The van der Waals surface area contributed by atoms with Gasteiger partial charge in [0.1, 0.15) is 0 Å². The molecule has 0 bridgehead atoms. The highest BCUT2D eigenvalue weighted by Gasteiger charge is 2.40. The largest absolute Gasteiger partial charge is 0.282 e. The fourth-order valence-corrected chi connectivity index (χ4v) is 4.11. The number of rotatable bonds is 9. The zero-order chi connectivity index (χ0) is 18.3. The van der Waals surface area contributed by atoms with Crippen LogP contribution in [0.3, 0.4) is 0 Å². The van der Waals surface area contributed by atoms with Gasteiger partial charge in [0.25, 0.3) is 5.92 Å². The van der Waals surface area contributed by atoms with Crippen molar-refractivity contribution < 1.29 is 13.2 Å². The molecule has 1 aromatic carbocycles. The van der Waals surface area contributed by atoms with E-state index < -0.39 is 18.5 Å². The van der Waals surface area contributed by atoms with Crippen LogP contribution in [0.1, 0.15) is 101 Å². The van der Waals surface area contributed by atoms with Crippen molar-refractivity contribution in [3.63, 3.8) is 0 Å². The van der Waals surface area contributed by atoms with Gasteiger partial charge in [-0.3, -0.25) is 0 Å². The van der Waals surface area contributed by atoms with Crippen molar-refractivity contribution in [2.45, 2.75) is 96.1 Å². The van der Waals surface area contributed by atoms with Crippen LogP contribution in [0.25, 0.3) is 0 Å². The lowest BCUT2D eigenvalue weighted by atomic mass is 9.77. The molecule has 142 valence electrons. The topological polar surface area (TPSA) is 0 Å². The fraction of sp³-hybridized carbons (Fsp3) is 0.727. The maximum atomic E-state index is 14.1. The molecule has 1 fully saturated rings. The monoisotopic (exact) mass is 354 g/mol. The Morgan fingerprint density at radius 3 is 2.16 bits per heavy atom. The lowest BCUT2D eigenvalue weighted by Gasteiger charge is -2.29. The molecule has 0 radical (unpaired) electrons. The van der Waals surface area contributed by atoms with Gasteiger partial charge in [-0.05, 0) is 48.6 Å². The van der Waals surface area contributed by atoms with Crippen LogP contribution in [0.4, 0.5) is 13.2 Å². The minimum atomic E-state index is -3.27. The Morgan fingerprint density at radius 1 is 0.960 bits per heavy atom. The summed E-state index contributed by atoms with van der Waals surface area (Å²) in [4.78, 5) is 0. The first-order chi connectivity index (χ1) is 12.0. The molecular weight excluding hydrogens is 321 g/mol. The van der Waals surface area contributed by atoms with Crippen LogP contribution in [0.2, 0.25) is 0 Å². The molecule has 1 saturated carbocycles. The van der Waals surface area contributed by atoms with Crippen molar-refractivity contribution in [2.24, 2.45) is 5.92 Å². The summed E-state index contributed by atoms with van der Waals surface area (Å²) in [5.41, 5.74) is 1.29. The average Bonchev–Trinajstić information content (AvgIpc) is 2.62. The maximum Gasteiger partial charge on any atom is 0.282 e. The van der Waals surface area contributed by atoms with Gasteiger partial charge < -0.3 is 0 Å². The average molecular weight is 355 g/mol. The molecule has 1 aliphatic rings. The molecule has 1 unspecified atom stereocenters. The van der Waals surface area contributed by atoms with Crippen LogP contribution in [-0.2, 0) is 0 Å². The molecule has 0 spiro atoms. The Labute approximate surface area is 151 Å².